The average molecular weight is 293 g/mol. The van der Waals surface area contributed by atoms with Crippen molar-refractivity contribution in [2.24, 2.45) is 0 Å². The molecule has 0 bridgehead atoms. The SMILES string of the molecule is CC1CNCC(COc2nc(Br)cs2)O1. The van der Waals surface area contributed by atoms with Gasteiger partial charge in [-0.3, -0.25) is 0 Å². The van der Waals surface area contributed by atoms with Gasteiger partial charge < -0.3 is 14.8 Å². The number of thiazole rings is 1. The second kappa shape index (κ2) is 5.25. The van der Waals surface area contributed by atoms with Crippen LogP contribution in [0.3, 0.4) is 0 Å². The van der Waals surface area contributed by atoms with Crippen molar-refractivity contribution in [2.45, 2.75) is 19.1 Å². The van der Waals surface area contributed by atoms with Crippen molar-refractivity contribution in [3.8, 4) is 5.19 Å². The zero-order chi connectivity index (χ0) is 10.7. The largest absolute Gasteiger partial charge is 0.467 e. The van der Waals surface area contributed by atoms with Crippen LogP contribution in [0.1, 0.15) is 6.92 Å². The lowest BCUT2D eigenvalue weighted by molar-refractivity contribution is -0.0470. The summed E-state index contributed by atoms with van der Waals surface area (Å²) in [7, 11) is 0. The van der Waals surface area contributed by atoms with Crippen LogP contribution in [0.2, 0.25) is 0 Å². The molecule has 1 aliphatic rings. The van der Waals surface area contributed by atoms with Crippen LogP contribution in [0.5, 0.6) is 5.19 Å². The van der Waals surface area contributed by atoms with Crippen molar-refractivity contribution in [3.63, 3.8) is 0 Å². The van der Waals surface area contributed by atoms with E-state index in [0.717, 1.165) is 17.7 Å². The molecule has 0 amide bonds. The molecule has 2 unspecified atom stereocenters. The van der Waals surface area contributed by atoms with E-state index in [1.807, 2.05) is 5.38 Å². The van der Waals surface area contributed by atoms with Crippen molar-refractivity contribution in [1.29, 1.82) is 0 Å². The molecule has 1 aromatic heterocycles. The van der Waals surface area contributed by atoms with E-state index in [9.17, 15) is 0 Å². The minimum atomic E-state index is 0.122. The van der Waals surface area contributed by atoms with Gasteiger partial charge in [0.05, 0.1) is 6.10 Å². The molecular weight excluding hydrogens is 280 g/mol. The van der Waals surface area contributed by atoms with Gasteiger partial charge >= 0.3 is 0 Å². The Hall–Kier alpha value is -0.170. The van der Waals surface area contributed by atoms with Crippen LogP contribution in [0.15, 0.2) is 9.98 Å². The molecule has 1 aromatic rings. The van der Waals surface area contributed by atoms with Crippen molar-refractivity contribution in [2.75, 3.05) is 19.7 Å². The van der Waals surface area contributed by atoms with Crippen LogP contribution in [-0.2, 0) is 4.74 Å². The Morgan fingerprint density at radius 1 is 1.73 bits per heavy atom. The van der Waals surface area contributed by atoms with Gasteiger partial charge in [-0.1, -0.05) is 11.3 Å². The molecular formula is C9H13BrN2O2S. The number of ether oxygens (including phenoxy) is 2. The highest BCUT2D eigenvalue weighted by Crippen LogP contribution is 2.22. The fraction of sp³-hybridized carbons (Fsp3) is 0.667. The Morgan fingerprint density at radius 3 is 3.27 bits per heavy atom. The predicted octanol–water partition coefficient (Wildman–Crippen LogP) is 1.66. The first kappa shape index (κ1) is 11.3. The third kappa shape index (κ3) is 3.41. The molecule has 0 radical (unpaired) electrons. The van der Waals surface area contributed by atoms with E-state index in [1.165, 1.54) is 11.3 Å². The molecule has 1 N–H and O–H groups in total. The summed E-state index contributed by atoms with van der Waals surface area (Å²) < 4.78 is 12.0. The molecule has 0 spiro atoms. The van der Waals surface area contributed by atoms with Gasteiger partial charge in [0, 0.05) is 18.5 Å². The molecule has 1 saturated heterocycles. The maximum atomic E-state index is 5.69. The zero-order valence-corrected chi connectivity index (χ0v) is 10.8. The Labute approximate surface area is 101 Å². The predicted molar refractivity (Wildman–Crippen MR) is 62.5 cm³/mol. The first-order chi connectivity index (χ1) is 7.24. The van der Waals surface area contributed by atoms with Gasteiger partial charge in [0.1, 0.15) is 17.3 Å². The minimum absolute atomic E-state index is 0.122. The molecule has 0 saturated carbocycles. The van der Waals surface area contributed by atoms with Crippen molar-refractivity contribution >= 4 is 27.3 Å². The van der Waals surface area contributed by atoms with E-state index in [2.05, 4.69) is 33.2 Å². The number of morpholine rings is 1. The number of nitrogens with zero attached hydrogens (tertiary/aromatic N) is 1. The molecule has 1 fully saturated rings. The first-order valence-corrected chi connectivity index (χ1v) is 6.51. The fourth-order valence-corrected chi connectivity index (χ4v) is 2.54. The summed E-state index contributed by atoms with van der Waals surface area (Å²) in [4.78, 5) is 4.15. The molecule has 15 heavy (non-hydrogen) atoms. The zero-order valence-electron chi connectivity index (χ0n) is 8.40. The average Bonchev–Trinajstić information content (AvgIpc) is 2.62. The highest BCUT2D eigenvalue weighted by atomic mass is 79.9. The fourth-order valence-electron chi connectivity index (χ4n) is 1.44. The first-order valence-electron chi connectivity index (χ1n) is 4.84. The van der Waals surface area contributed by atoms with E-state index in [0.29, 0.717) is 11.8 Å². The van der Waals surface area contributed by atoms with E-state index < -0.39 is 0 Å². The smallest absolute Gasteiger partial charge is 0.274 e. The molecule has 4 nitrogen and oxygen atoms in total. The van der Waals surface area contributed by atoms with Gasteiger partial charge in [-0.25, -0.2) is 0 Å². The summed E-state index contributed by atoms with van der Waals surface area (Å²) in [5.74, 6) is 0. The quantitative estimate of drug-likeness (QED) is 0.920. The number of nitrogens with one attached hydrogen (secondary N) is 1. The van der Waals surface area contributed by atoms with Gasteiger partial charge in [0.2, 0.25) is 0 Å². The second-order valence-electron chi connectivity index (χ2n) is 3.47. The highest BCUT2D eigenvalue weighted by Gasteiger charge is 2.19. The summed E-state index contributed by atoms with van der Waals surface area (Å²) in [5, 5.41) is 5.88. The molecule has 2 atom stereocenters. The lowest BCUT2D eigenvalue weighted by Crippen LogP contribution is -2.45. The summed E-state index contributed by atoms with van der Waals surface area (Å²) >= 11 is 4.77. The highest BCUT2D eigenvalue weighted by molar-refractivity contribution is 9.10. The number of hydrogen-bond acceptors (Lipinski definition) is 5. The van der Waals surface area contributed by atoms with E-state index in [-0.39, 0.29) is 12.2 Å². The number of aromatic nitrogens is 1. The van der Waals surface area contributed by atoms with Gasteiger partial charge in [-0.2, -0.15) is 4.98 Å². The number of halogens is 1. The van der Waals surface area contributed by atoms with Gasteiger partial charge in [-0.15, -0.1) is 0 Å². The van der Waals surface area contributed by atoms with Crippen molar-refractivity contribution in [1.82, 2.24) is 10.3 Å². The second-order valence-corrected chi connectivity index (χ2v) is 5.11. The third-order valence-corrected chi connectivity index (χ3v) is 3.54. The van der Waals surface area contributed by atoms with Crippen molar-refractivity contribution in [3.05, 3.63) is 9.98 Å². The Morgan fingerprint density at radius 2 is 2.60 bits per heavy atom. The number of hydrogen-bond donors (Lipinski definition) is 1. The van der Waals surface area contributed by atoms with E-state index >= 15 is 0 Å². The lowest BCUT2D eigenvalue weighted by atomic mass is 10.2. The topological polar surface area (TPSA) is 43.4 Å². The summed E-state index contributed by atoms with van der Waals surface area (Å²) in [6.45, 7) is 4.37. The van der Waals surface area contributed by atoms with Crippen LogP contribution in [0, 0.1) is 0 Å². The van der Waals surface area contributed by atoms with Crippen LogP contribution in [0.25, 0.3) is 0 Å². The molecule has 6 heteroatoms. The van der Waals surface area contributed by atoms with E-state index in [1.54, 1.807) is 0 Å². The monoisotopic (exact) mass is 292 g/mol. The van der Waals surface area contributed by atoms with Crippen molar-refractivity contribution < 1.29 is 9.47 Å². The van der Waals surface area contributed by atoms with Crippen LogP contribution in [-0.4, -0.2) is 36.9 Å². The van der Waals surface area contributed by atoms with Gasteiger partial charge in [0.25, 0.3) is 5.19 Å². The third-order valence-electron chi connectivity index (χ3n) is 2.08. The van der Waals surface area contributed by atoms with E-state index in [4.69, 9.17) is 9.47 Å². The molecule has 0 aromatic carbocycles. The Balaban J connectivity index is 1.77. The normalized spacial score (nSPS) is 26.5. The minimum Gasteiger partial charge on any atom is -0.467 e. The number of rotatable bonds is 3. The maximum absolute atomic E-state index is 5.69. The lowest BCUT2D eigenvalue weighted by Gasteiger charge is -2.28. The molecule has 84 valence electrons. The standard InChI is InChI=1S/C9H13BrN2O2S/c1-6-2-11-3-7(14-6)4-13-9-12-8(10)5-15-9/h5-7,11H,2-4H2,1H3. The summed E-state index contributed by atoms with van der Waals surface area (Å²) in [6, 6.07) is 0. The molecule has 2 rings (SSSR count). The summed E-state index contributed by atoms with van der Waals surface area (Å²) in [6.07, 6.45) is 0.381. The van der Waals surface area contributed by atoms with Crippen LogP contribution in [0.4, 0.5) is 0 Å². The summed E-state index contributed by atoms with van der Waals surface area (Å²) in [5.41, 5.74) is 0. The van der Waals surface area contributed by atoms with Gasteiger partial charge in [0.15, 0.2) is 0 Å². The van der Waals surface area contributed by atoms with Crippen LogP contribution >= 0.6 is 27.3 Å². The van der Waals surface area contributed by atoms with Gasteiger partial charge in [-0.05, 0) is 22.9 Å². The molecule has 1 aliphatic heterocycles. The Bertz CT molecular complexity index is 321. The molecule has 0 aliphatic carbocycles. The Kier molecular flexibility index (Phi) is 3.96. The van der Waals surface area contributed by atoms with Crippen LogP contribution < -0.4 is 10.1 Å². The maximum Gasteiger partial charge on any atom is 0.274 e. The molecule has 2 heterocycles.